The summed E-state index contributed by atoms with van der Waals surface area (Å²) in [6, 6.07) is 20.9. The van der Waals surface area contributed by atoms with E-state index in [1.54, 1.807) is 18.2 Å². The molecular weight excluding hydrogens is 386 g/mol. The number of amides is 1. The number of rotatable bonds is 8. The summed E-state index contributed by atoms with van der Waals surface area (Å²) in [6.45, 7) is 5.17. The molecule has 0 saturated heterocycles. The molecule has 150 valence electrons. The number of halogens is 1. The quantitative estimate of drug-likeness (QED) is 0.510. The lowest BCUT2D eigenvalue weighted by atomic mass is 10.1. The van der Waals surface area contributed by atoms with Gasteiger partial charge in [0.2, 0.25) is 0 Å². The Hall–Kier alpha value is -2.98. The van der Waals surface area contributed by atoms with Gasteiger partial charge in [0.05, 0.1) is 12.1 Å². The van der Waals surface area contributed by atoms with Gasteiger partial charge in [-0.2, -0.15) is 0 Å². The molecule has 1 N–H and O–H groups in total. The van der Waals surface area contributed by atoms with Crippen molar-refractivity contribution < 1.29 is 14.3 Å². The van der Waals surface area contributed by atoms with Crippen molar-refractivity contribution in [2.24, 2.45) is 0 Å². The molecule has 0 aliphatic heterocycles. The molecule has 0 aliphatic rings. The third-order valence-electron chi connectivity index (χ3n) is 4.27. The highest BCUT2D eigenvalue weighted by atomic mass is 35.5. The Balaban J connectivity index is 1.57. The molecule has 4 nitrogen and oxygen atoms in total. The number of nitrogens with one attached hydrogen (secondary N) is 1. The van der Waals surface area contributed by atoms with E-state index in [9.17, 15) is 4.79 Å². The molecular formula is C24H24ClNO3. The number of hydrogen-bond donors (Lipinski definition) is 1. The van der Waals surface area contributed by atoms with Crippen LogP contribution >= 0.6 is 11.6 Å². The second kappa shape index (κ2) is 9.99. The Labute approximate surface area is 176 Å². The van der Waals surface area contributed by atoms with Crippen LogP contribution in [-0.4, -0.2) is 19.1 Å². The lowest BCUT2D eigenvalue weighted by Crippen LogP contribution is -2.28. The summed E-state index contributed by atoms with van der Waals surface area (Å²) in [6.07, 6.45) is 0. The molecule has 0 aliphatic carbocycles. The lowest BCUT2D eigenvalue weighted by Gasteiger charge is -2.13. The molecule has 0 bridgehead atoms. The Kier molecular flexibility index (Phi) is 7.14. The molecule has 29 heavy (non-hydrogen) atoms. The first-order valence-corrected chi connectivity index (χ1v) is 9.84. The lowest BCUT2D eigenvalue weighted by molar-refractivity contribution is 0.0942. The van der Waals surface area contributed by atoms with Crippen LogP contribution in [0.3, 0.4) is 0 Å². The molecule has 0 saturated carbocycles. The molecule has 3 aromatic carbocycles. The van der Waals surface area contributed by atoms with Gasteiger partial charge in [-0.25, -0.2) is 0 Å². The van der Waals surface area contributed by atoms with Crippen molar-refractivity contribution in [1.29, 1.82) is 0 Å². The fraction of sp³-hybridized carbons (Fsp3) is 0.208. The summed E-state index contributed by atoms with van der Waals surface area (Å²) in [5.74, 6) is 1.04. The first-order valence-electron chi connectivity index (χ1n) is 9.47. The third-order valence-corrected chi connectivity index (χ3v) is 4.51. The molecule has 0 radical (unpaired) electrons. The summed E-state index contributed by atoms with van der Waals surface area (Å²) in [5.41, 5.74) is 3.71. The summed E-state index contributed by atoms with van der Waals surface area (Å²) in [4.78, 5) is 12.6. The van der Waals surface area contributed by atoms with Crippen LogP contribution in [0.25, 0.3) is 0 Å². The second-order valence-electron chi connectivity index (χ2n) is 6.84. The van der Waals surface area contributed by atoms with E-state index in [2.05, 4.69) is 11.4 Å². The predicted octanol–water partition coefficient (Wildman–Crippen LogP) is 5.34. The van der Waals surface area contributed by atoms with Crippen molar-refractivity contribution in [3.63, 3.8) is 0 Å². The van der Waals surface area contributed by atoms with Gasteiger partial charge < -0.3 is 14.8 Å². The highest BCUT2D eigenvalue weighted by molar-refractivity contribution is 6.31. The van der Waals surface area contributed by atoms with Gasteiger partial charge in [0, 0.05) is 5.02 Å². The van der Waals surface area contributed by atoms with Crippen LogP contribution in [0.4, 0.5) is 0 Å². The molecule has 5 heteroatoms. The van der Waals surface area contributed by atoms with Gasteiger partial charge >= 0.3 is 0 Å². The van der Waals surface area contributed by atoms with Gasteiger partial charge in [-0.3, -0.25) is 4.79 Å². The molecule has 3 rings (SSSR count). The van der Waals surface area contributed by atoms with Crippen LogP contribution in [0.5, 0.6) is 11.5 Å². The van der Waals surface area contributed by atoms with E-state index >= 15 is 0 Å². The van der Waals surface area contributed by atoms with Gasteiger partial charge in [0.1, 0.15) is 24.7 Å². The number of ether oxygens (including phenoxy) is 2. The van der Waals surface area contributed by atoms with Crippen LogP contribution < -0.4 is 14.8 Å². The minimum Gasteiger partial charge on any atom is -0.492 e. The molecule has 1 amide bonds. The minimum atomic E-state index is -0.250. The van der Waals surface area contributed by atoms with Gasteiger partial charge in [-0.1, -0.05) is 48.0 Å². The SMILES string of the molecule is Cc1cc(C)cc(OCCNC(=O)c2cc(Cl)ccc2OCc2ccccc2)c1. The Bertz CT molecular complexity index is 953. The highest BCUT2D eigenvalue weighted by Crippen LogP contribution is 2.24. The van der Waals surface area contributed by atoms with Gasteiger partial charge in [0.25, 0.3) is 5.91 Å². The zero-order valence-corrected chi connectivity index (χ0v) is 17.3. The number of hydrogen-bond acceptors (Lipinski definition) is 3. The van der Waals surface area contributed by atoms with Crippen LogP contribution in [0.2, 0.25) is 5.02 Å². The first kappa shape index (κ1) is 20.7. The number of benzene rings is 3. The van der Waals surface area contributed by atoms with E-state index in [1.807, 2.05) is 56.3 Å². The average Bonchev–Trinajstić information content (AvgIpc) is 2.70. The maximum absolute atomic E-state index is 12.6. The summed E-state index contributed by atoms with van der Waals surface area (Å²) < 4.78 is 11.6. The summed E-state index contributed by atoms with van der Waals surface area (Å²) >= 11 is 6.09. The van der Waals surface area contributed by atoms with Crippen molar-refractivity contribution in [3.05, 3.63) is 94.0 Å². The van der Waals surface area contributed by atoms with Crippen LogP contribution in [0.1, 0.15) is 27.0 Å². The van der Waals surface area contributed by atoms with Crippen molar-refractivity contribution >= 4 is 17.5 Å². The highest BCUT2D eigenvalue weighted by Gasteiger charge is 2.13. The Morgan fingerprint density at radius 1 is 0.931 bits per heavy atom. The standard InChI is InChI=1S/C24H24ClNO3/c1-17-12-18(2)14-21(13-17)28-11-10-26-24(27)22-15-20(25)8-9-23(22)29-16-19-6-4-3-5-7-19/h3-9,12-15H,10-11,16H2,1-2H3,(H,26,27). The van der Waals surface area contributed by atoms with Crippen LogP contribution in [0, 0.1) is 13.8 Å². The fourth-order valence-corrected chi connectivity index (χ4v) is 3.16. The molecule has 0 fully saturated rings. The summed E-state index contributed by atoms with van der Waals surface area (Å²) in [7, 11) is 0. The molecule has 0 heterocycles. The van der Waals surface area contributed by atoms with Crippen molar-refractivity contribution in [3.8, 4) is 11.5 Å². The maximum atomic E-state index is 12.6. The van der Waals surface area contributed by atoms with E-state index in [0.29, 0.717) is 36.1 Å². The fourth-order valence-electron chi connectivity index (χ4n) is 2.99. The smallest absolute Gasteiger partial charge is 0.255 e. The van der Waals surface area contributed by atoms with E-state index < -0.39 is 0 Å². The van der Waals surface area contributed by atoms with Crippen LogP contribution in [-0.2, 0) is 6.61 Å². The maximum Gasteiger partial charge on any atom is 0.255 e. The van der Waals surface area contributed by atoms with Gasteiger partial charge in [-0.15, -0.1) is 0 Å². The topological polar surface area (TPSA) is 47.6 Å². The predicted molar refractivity (Wildman–Crippen MR) is 116 cm³/mol. The zero-order valence-electron chi connectivity index (χ0n) is 16.6. The Morgan fingerprint density at radius 2 is 1.66 bits per heavy atom. The zero-order chi connectivity index (χ0) is 20.6. The molecule has 0 aromatic heterocycles. The number of carbonyl (C=O) groups excluding carboxylic acids is 1. The minimum absolute atomic E-state index is 0.250. The van der Waals surface area contributed by atoms with Crippen LogP contribution in [0.15, 0.2) is 66.7 Å². The Morgan fingerprint density at radius 3 is 2.38 bits per heavy atom. The van der Waals surface area contributed by atoms with E-state index in [4.69, 9.17) is 21.1 Å². The molecule has 0 atom stereocenters. The normalized spacial score (nSPS) is 10.4. The summed E-state index contributed by atoms with van der Waals surface area (Å²) in [5, 5.41) is 3.34. The van der Waals surface area contributed by atoms with Gasteiger partial charge in [0.15, 0.2) is 0 Å². The van der Waals surface area contributed by atoms with Crippen molar-refractivity contribution in [2.45, 2.75) is 20.5 Å². The third kappa shape index (κ3) is 6.26. The molecule has 3 aromatic rings. The van der Waals surface area contributed by atoms with E-state index in [0.717, 1.165) is 22.4 Å². The second-order valence-corrected chi connectivity index (χ2v) is 7.28. The van der Waals surface area contributed by atoms with Crippen molar-refractivity contribution in [1.82, 2.24) is 5.32 Å². The molecule has 0 spiro atoms. The average molecular weight is 410 g/mol. The van der Waals surface area contributed by atoms with E-state index in [1.165, 1.54) is 0 Å². The van der Waals surface area contributed by atoms with Gasteiger partial charge in [-0.05, 0) is 60.9 Å². The largest absolute Gasteiger partial charge is 0.492 e. The number of carbonyl (C=O) groups is 1. The monoisotopic (exact) mass is 409 g/mol. The van der Waals surface area contributed by atoms with Crippen molar-refractivity contribution in [2.75, 3.05) is 13.2 Å². The first-order chi connectivity index (χ1) is 14.0. The number of aryl methyl sites for hydroxylation is 2. The van der Waals surface area contributed by atoms with E-state index in [-0.39, 0.29) is 5.91 Å². The molecule has 0 unspecified atom stereocenters.